The van der Waals surface area contributed by atoms with Gasteiger partial charge in [0.2, 0.25) is 0 Å². The molecule has 0 spiro atoms. The highest BCUT2D eigenvalue weighted by Gasteiger charge is 2.37. The first-order valence-corrected chi connectivity index (χ1v) is 13.1. The fourth-order valence-corrected chi connectivity index (χ4v) is 5.90. The number of hydrogen-bond acceptors (Lipinski definition) is 6. The molecule has 0 amide bonds. The summed E-state index contributed by atoms with van der Waals surface area (Å²) in [5.74, 6) is 1.58. The van der Waals surface area contributed by atoms with E-state index in [0.29, 0.717) is 50.9 Å². The van der Waals surface area contributed by atoms with E-state index < -0.39 is 10.8 Å². The van der Waals surface area contributed by atoms with Crippen molar-refractivity contribution < 1.29 is 4.21 Å². The van der Waals surface area contributed by atoms with Crippen LogP contribution in [-0.2, 0) is 10.8 Å². The first kappa shape index (κ1) is 22.0. The summed E-state index contributed by atoms with van der Waals surface area (Å²) in [7, 11) is -1.23. The zero-order chi connectivity index (χ0) is 24.3. The topological polar surface area (TPSA) is 101 Å². The normalized spacial score (nSPS) is 19.1. The molecule has 3 atom stereocenters. The zero-order valence-corrected chi connectivity index (χ0v) is 20.6. The molecule has 178 valence electrons. The summed E-state index contributed by atoms with van der Waals surface area (Å²) in [4.78, 5) is 28.6. The van der Waals surface area contributed by atoms with E-state index in [1.807, 2.05) is 30.3 Å². The van der Waals surface area contributed by atoms with Gasteiger partial charge in [-0.15, -0.1) is 0 Å². The molecule has 5 heterocycles. The quantitative estimate of drug-likeness (QED) is 0.397. The van der Waals surface area contributed by atoms with E-state index in [1.165, 1.54) is 6.33 Å². The van der Waals surface area contributed by atoms with Gasteiger partial charge in [0, 0.05) is 25.2 Å². The number of para-hydroxylation sites is 1. The number of aromatic nitrogens is 6. The summed E-state index contributed by atoms with van der Waals surface area (Å²) < 4.78 is 15.7. The van der Waals surface area contributed by atoms with Gasteiger partial charge in [0.15, 0.2) is 5.82 Å². The predicted molar refractivity (Wildman–Crippen MR) is 136 cm³/mol. The number of benzene rings is 1. The maximum Gasteiger partial charge on any atom is 0.284 e. The third kappa shape index (κ3) is 3.47. The molecule has 1 N–H and O–H groups in total. The van der Waals surface area contributed by atoms with Crippen molar-refractivity contribution in [3.8, 4) is 5.69 Å². The van der Waals surface area contributed by atoms with Gasteiger partial charge in [-0.3, -0.25) is 13.6 Å². The molecule has 1 aromatic carbocycles. The minimum atomic E-state index is -1.23. The summed E-state index contributed by atoms with van der Waals surface area (Å²) in [5, 5.41) is 5.98. The maximum absolute atomic E-state index is 13.8. The molecule has 0 bridgehead atoms. The molecule has 1 aliphatic heterocycles. The average molecular weight is 508 g/mol. The Bertz CT molecular complexity index is 1660. The second-order valence-corrected chi connectivity index (χ2v) is 10.6. The van der Waals surface area contributed by atoms with Gasteiger partial charge in [0.05, 0.1) is 37.8 Å². The molecule has 9 nitrogen and oxygen atoms in total. The molecule has 1 fully saturated rings. The van der Waals surface area contributed by atoms with Gasteiger partial charge in [0.1, 0.15) is 23.3 Å². The minimum absolute atomic E-state index is 0.236. The Hall–Kier alpha value is -3.50. The van der Waals surface area contributed by atoms with Crippen LogP contribution in [0, 0.1) is 5.92 Å². The van der Waals surface area contributed by atoms with Crippen LogP contribution in [0.25, 0.3) is 22.2 Å². The van der Waals surface area contributed by atoms with E-state index in [9.17, 15) is 9.00 Å². The van der Waals surface area contributed by atoms with Crippen LogP contribution in [0.1, 0.15) is 25.2 Å². The second kappa shape index (κ2) is 8.31. The number of nitrogens with one attached hydrogen (secondary N) is 1. The lowest BCUT2D eigenvalue weighted by molar-refractivity contribution is 0.566. The Labute approximate surface area is 207 Å². The number of rotatable bonds is 4. The molecule has 35 heavy (non-hydrogen) atoms. The molecule has 4 aromatic heterocycles. The van der Waals surface area contributed by atoms with Crippen LogP contribution >= 0.6 is 11.6 Å². The van der Waals surface area contributed by atoms with Crippen molar-refractivity contribution in [2.24, 2.45) is 5.92 Å². The molecule has 11 heteroatoms. The Kier molecular flexibility index (Phi) is 5.23. The van der Waals surface area contributed by atoms with Crippen LogP contribution in [0.5, 0.6) is 0 Å². The van der Waals surface area contributed by atoms with Crippen molar-refractivity contribution in [1.82, 2.24) is 29.1 Å². The lowest BCUT2D eigenvalue weighted by Gasteiger charge is -2.27. The predicted octanol–water partition coefficient (Wildman–Crippen LogP) is 3.73. The van der Waals surface area contributed by atoms with Crippen molar-refractivity contribution in [3.05, 3.63) is 76.3 Å². The van der Waals surface area contributed by atoms with Gasteiger partial charge in [-0.1, -0.05) is 36.7 Å². The number of aromatic amines is 1. The monoisotopic (exact) mass is 507 g/mol. The summed E-state index contributed by atoms with van der Waals surface area (Å²) in [5.41, 5.74) is 1.43. The summed E-state index contributed by atoms with van der Waals surface area (Å²) in [6.07, 6.45) is 7.33. The molecule has 1 aliphatic rings. The first-order chi connectivity index (χ1) is 16.9. The average Bonchev–Trinajstić information content (AvgIpc) is 3.56. The van der Waals surface area contributed by atoms with Crippen molar-refractivity contribution >= 4 is 44.8 Å². The molecule has 0 saturated carbocycles. The summed E-state index contributed by atoms with van der Waals surface area (Å²) in [6.45, 7) is 2.87. The number of nitrogens with zero attached hydrogens (tertiary/aromatic N) is 6. The van der Waals surface area contributed by atoms with Crippen molar-refractivity contribution in [2.45, 2.75) is 24.3 Å². The fraction of sp³-hybridized carbons (Fsp3) is 0.250. The number of fused-ring (bicyclic) bond motifs is 2. The van der Waals surface area contributed by atoms with E-state index in [0.717, 1.165) is 11.8 Å². The smallest absolute Gasteiger partial charge is 0.284 e. The molecule has 1 saturated heterocycles. The molecular formula is C24H22ClN7O2S. The zero-order valence-electron chi connectivity index (χ0n) is 19.1. The molecule has 5 aromatic rings. The summed E-state index contributed by atoms with van der Waals surface area (Å²) in [6, 6.07) is 10.9. The third-order valence-corrected chi connectivity index (χ3v) is 7.73. The van der Waals surface area contributed by atoms with Crippen molar-refractivity contribution in [3.63, 3.8) is 0 Å². The van der Waals surface area contributed by atoms with Crippen LogP contribution in [0.3, 0.4) is 0 Å². The van der Waals surface area contributed by atoms with E-state index in [2.05, 4.69) is 26.8 Å². The Balaban J connectivity index is 1.62. The van der Waals surface area contributed by atoms with Gasteiger partial charge >= 0.3 is 0 Å². The fourth-order valence-electron chi connectivity index (χ4n) is 4.98. The highest BCUT2D eigenvalue weighted by molar-refractivity contribution is 7.84. The van der Waals surface area contributed by atoms with Gasteiger partial charge < -0.3 is 9.88 Å². The largest absolute Gasteiger partial charge is 0.345 e. The standard InChI is InChI=1S/C24H22ClN7O2S/c1-14-10-17(30(12-14)23-19-18(35(2)34)11-26-21(19)27-13-28-23)22-29-31-9-8-16(25)20(31)24(33)32(22)15-6-4-3-5-7-15/h3-9,11,13-14,17H,10,12H2,1-2H3,(H,26,27,28)/t14?,17-,35-/m0/s1. The van der Waals surface area contributed by atoms with E-state index >= 15 is 0 Å². The van der Waals surface area contributed by atoms with Crippen LogP contribution in [-0.4, -0.2) is 46.1 Å². The van der Waals surface area contributed by atoms with Crippen molar-refractivity contribution in [2.75, 3.05) is 17.7 Å². The van der Waals surface area contributed by atoms with Crippen LogP contribution in [0.4, 0.5) is 5.82 Å². The summed E-state index contributed by atoms with van der Waals surface area (Å²) >= 11 is 6.36. The SMILES string of the molecule is CC1C[C@@H](c2nn3ccc(Cl)c3c(=O)n2-c2ccccc2)N(c2ncnc3[nH]cc([S@](C)=O)c23)C1. The first-order valence-electron chi connectivity index (χ1n) is 11.2. The maximum atomic E-state index is 13.8. The minimum Gasteiger partial charge on any atom is -0.345 e. The number of hydrogen-bond donors (Lipinski definition) is 1. The lowest BCUT2D eigenvalue weighted by atomic mass is 10.1. The molecule has 0 radical (unpaired) electrons. The van der Waals surface area contributed by atoms with Crippen molar-refractivity contribution in [1.29, 1.82) is 0 Å². The van der Waals surface area contributed by atoms with E-state index in [-0.39, 0.29) is 11.6 Å². The molecular weight excluding hydrogens is 486 g/mol. The second-order valence-electron chi connectivity index (χ2n) is 8.83. The van der Waals surface area contributed by atoms with Gasteiger partial charge in [0.25, 0.3) is 5.56 Å². The molecule has 6 rings (SSSR count). The molecule has 1 unspecified atom stereocenters. The Morgan fingerprint density at radius 1 is 1.17 bits per heavy atom. The van der Waals surface area contributed by atoms with Gasteiger partial charge in [-0.2, -0.15) is 5.10 Å². The number of H-pyrrole nitrogens is 1. The van der Waals surface area contributed by atoms with Crippen LogP contribution < -0.4 is 10.5 Å². The number of halogens is 1. The van der Waals surface area contributed by atoms with Crippen LogP contribution in [0.2, 0.25) is 5.02 Å². The Morgan fingerprint density at radius 3 is 2.74 bits per heavy atom. The van der Waals surface area contributed by atoms with E-state index in [1.54, 1.807) is 33.8 Å². The lowest BCUT2D eigenvalue weighted by Crippen LogP contribution is -2.33. The van der Waals surface area contributed by atoms with Gasteiger partial charge in [-0.05, 0) is 30.5 Å². The number of anilines is 1. The highest BCUT2D eigenvalue weighted by Crippen LogP contribution is 2.41. The Morgan fingerprint density at radius 2 is 1.97 bits per heavy atom. The van der Waals surface area contributed by atoms with Gasteiger partial charge in [-0.25, -0.2) is 14.5 Å². The third-order valence-electron chi connectivity index (χ3n) is 6.48. The van der Waals surface area contributed by atoms with Crippen LogP contribution in [0.15, 0.2) is 64.8 Å². The molecule has 0 aliphatic carbocycles. The van der Waals surface area contributed by atoms with E-state index in [4.69, 9.17) is 16.7 Å². The highest BCUT2D eigenvalue weighted by atomic mass is 35.5.